The first-order valence-electron chi connectivity index (χ1n) is 7.58. The second kappa shape index (κ2) is 13.8. The zero-order valence-corrected chi connectivity index (χ0v) is 19.0. The summed E-state index contributed by atoms with van der Waals surface area (Å²) < 4.78 is 0. The van der Waals surface area contributed by atoms with E-state index in [4.69, 9.17) is 0 Å². The molecule has 0 nitrogen and oxygen atoms in total. The average molecular weight is 424 g/mol. The second-order valence-corrected chi connectivity index (χ2v) is 9.91. The van der Waals surface area contributed by atoms with Gasteiger partial charge in [-0.25, -0.2) is 5.57 Å². The third kappa shape index (κ3) is 6.72. The van der Waals surface area contributed by atoms with Gasteiger partial charge in [-0.05, 0) is 0 Å². The molecule has 0 aliphatic heterocycles. The van der Waals surface area contributed by atoms with E-state index in [-0.39, 0.29) is 58.9 Å². The van der Waals surface area contributed by atoms with Gasteiger partial charge in [0.15, 0.2) is 0 Å². The molecule has 1 aromatic rings. The summed E-state index contributed by atoms with van der Waals surface area (Å²) >= 11 is 0. The number of benzene rings is 1. The Kier molecular flexibility index (Phi) is 16.9. The molecule has 5 heteroatoms. The van der Waals surface area contributed by atoms with Crippen LogP contribution in [0.5, 0.6) is 0 Å². The molecule has 0 amide bonds. The SMILES string of the molecule is CCCC[Si](C)(C1=CC[C-]=C1CC)c1ccccc1.[Cl-].[Cl-].[Cl-].[Ti+4]. The zero-order valence-electron chi connectivity index (χ0n) is 14.1. The van der Waals surface area contributed by atoms with Crippen LogP contribution < -0.4 is 42.4 Å². The van der Waals surface area contributed by atoms with Crippen molar-refractivity contribution in [2.45, 2.75) is 52.1 Å². The fraction of sp³-hybridized carbons (Fsp3) is 0.444. The minimum absolute atomic E-state index is 0. The van der Waals surface area contributed by atoms with Crippen LogP contribution in [0.15, 0.2) is 47.2 Å². The third-order valence-corrected chi connectivity index (χ3v) is 8.99. The molecule has 23 heavy (non-hydrogen) atoms. The molecule has 0 N–H and O–H groups in total. The average Bonchev–Trinajstić information content (AvgIpc) is 2.95. The van der Waals surface area contributed by atoms with Gasteiger partial charge in [0.05, 0.1) is 0 Å². The van der Waals surface area contributed by atoms with Crippen LogP contribution >= 0.6 is 0 Å². The third-order valence-electron chi connectivity index (χ3n) is 4.34. The molecule has 0 saturated carbocycles. The maximum atomic E-state index is 3.57. The monoisotopic (exact) mass is 422 g/mol. The molecule has 126 valence electrons. The van der Waals surface area contributed by atoms with Gasteiger partial charge in [0, 0.05) is 8.07 Å². The summed E-state index contributed by atoms with van der Waals surface area (Å²) in [5.41, 5.74) is 1.49. The first-order chi connectivity index (χ1) is 9.22. The van der Waals surface area contributed by atoms with Gasteiger partial charge in [-0.3, -0.25) is 6.08 Å². The predicted octanol–water partition coefficient (Wildman–Crippen LogP) is -4.21. The fourth-order valence-electron chi connectivity index (χ4n) is 3.14. The summed E-state index contributed by atoms with van der Waals surface area (Å²) in [5, 5.41) is 3.25. The summed E-state index contributed by atoms with van der Waals surface area (Å²) in [6.07, 6.45) is 10.8. The summed E-state index contributed by atoms with van der Waals surface area (Å²) in [7, 11) is -1.54. The number of allylic oxidation sites excluding steroid dienone is 4. The standard InChI is InChI=1S/C18H25Si.3ClH.Ti/c1-4-6-15-19(3,17-12-8-7-9-13-17)18-14-10-11-16(18)5-2;;;;/h7-9,12-14H,4-6,10,15H2,1-3H3;3*1H;/q-1;;;;+4/p-3. The van der Waals surface area contributed by atoms with Crippen LogP contribution in [0.2, 0.25) is 12.6 Å². The Labute approximate surface area is 176 Å². The topological polar surface area (TPSA) is 0 Å². The molecule has 0 bridgehead atoms. The van der Waals surface area contributed by atoms with Crippen LogP contribution in [0.3, 0.4) is 0 Å². The Morgan fingerprint density at radius 2 is 1.65 bits per heavy atom. The van der Waals surface area contributed by atoms with Crippen molar-refractivity contribution in [2.75, 3.05) is 0 Å². The van der Waals surface area contributed by atoms with Crippen molar-refractivity contribution in [1.29, 1.82) is 0 Å². The van der Waals surface area contributed by atoms with Crippen LogP contribution in [-0.4, -0.2) is 8.07 Å². The van der Waals surface area contributed by atoms with Gasteiger partial charge in [-0.15, -0.1) is 6.42 Å². The summed E-state index contributed by atoms with van der Waals surface area (Å²) in [5.74, 6) is 0. The summed E-state index contributed by atoms with van der Waals surface area (Å²) in [6, 6.07) is 12.6. The minimum atomic E-state index is -1.54. The summed E-state index contributed by atoms with van der Waals surface area (Å²) in [4.78, 5) is 0. The van der Waals surface area contributed by atoms with Gasteiger partial charge in [0.25, 0.3) is 0 Å². The summed E-state index contributed by atoms with van der Waals surface area (Å²) in [6.45, 7) is 7.11. The molecule has 0 spiro atoms. The molecular weight excluding hydrogens is 399 g/mol. The van der Waals surface area contributed by atoms with E-state index in [1.807, 2.05) is 0 Å². The molecule has 0 saturated heterocycles. The molecule has 1 aromatic carbocycles. The van der Waals surface area contributed by atoms with E-state index >= 15 is 0 Å². The van der Waals surface area contributed by atoms with E-state index < -0.39 is 8.07 Å². The number of hydrogen-bond donors (Lipinski definition) is 0. The van der Waals surface area contributed by atoms with E-state index in [1.54, 1.807) is 10.4 Å². The van der Waals surface area contributed by atoms with Crippen LogP contribution in [0.4, 0.5) is 0 Å². The molecule has 0 radical (unpaired) electrons. The van der Waals surface area contributed by atoms with Crippen LogP contribution in [0.1, 0.15) is 39.5 Å². The molecular formula is C18H25Cl3SiTi. The van der Waals surface area contributed by atoms with E-state index in [9.17, 15) is 0 Å². The molecule has 0 fully saturated rings. The Hall–Kier alpha value is 0.501. The van der Waals surface area contributed by atoms with Crippen molar-refractivity contribution >= 4 is 13.3 Å². The quantitative estimate of drug-likeness (QED) is 0.322. The molecule has 1 aliphatic rings. The maximum Gasteiger partial charge on any atom is 4.00 e. The van der Waals surface area contributed by atoms with Crippen LogP contribution in [0, 0.1) is 6.08 Å². The van der Waals surface area contributed by atoms with Crippen LogP contribution in [-0.2, 0) is 21.7 Å². The van der Waals surface area contributed by atoms with E-state index in [0.717, 1.165) is 12.8 Å². The fourth-order valence-corrected chi connectivity index (χ4v) is 7.48. The molecule has 2 rings (SSSR count). The van der Waals surface area contributed by atoms with E-state index in [0.29, 0.717) is 0 Å². The zero-order chi connectivity index (χ0) is 13.7. The number of unbranched alkanes of at least 4 members (excludes halogenated alkanes) is 1. The molecule has 0 aromatic heterocycles. The number of rotatable bonds is 6. The number of hydrogen-bond acceptors (Lipinski definition) is 0. The van der Waals surface area contributed by atoms with Crippen molar-refractivity contribution in [3.63, 3.8) is 0 Å². The first-order valence-corrected chi connectivity index (χ1v) is 10.3. The molecule has 1 aliphatic carbocycles. The molecule has 1 atom stereocenters. The van der Waals surface area contributed by atoms with Gasteiger partial charge in [-0.1, -0.05) is 81.2 Å². The van der Waals surface area contributed by atoms with E-state index in [1.165, 1.54) is 24.5 Å². The smallest absolute Gasteiger partial charge is 1.00 e. The largest absolute Gasteiger partial charge is 4.00 e. The van der Waals surface area contributed by atoms with Crippen molar-refractivity contribution in [1.82, 2.24) is 0 Å². The number of halogens is 3. The maximum absolute atomic E-state index is 3.57. The Morgan fingerprint density at radius 1 is 1.04 bits per heavy atom. The van der Waals surface area contributed by atoms with Crippen molar-refractivity contribution in [3.05, 3.63) is 53.3 Å². The first kappa shape index (κ1) is 28.3. The van der Waals surface area contributed by atoms with Gasteiger partial charge < -0.3 is 37.2 Å². The van der Waals surface area contributed by atoms with Gasteiger partial charge in [0.1, 0.15) is 0 Å². The minimum Gasteiger partial charge on any atom is -1.00 e. The van der Waals surface area contributed by atoms with Gasteiger partial charge >= 0.3 is 21.7 Å². The van der Waals surface area contributed by atoms with Crippen LogP contribution in [0.25, 0.3) is 0 Å². The Bertz CT molecular complexity index is 488. The molecule has 0 heterocycles. The van der Waals surface area contributed by atoms with Crippen molar-refractivity contribution in [3.8, 4) is 0 Å². The van der Waals surface area contributed by atoms with E-state index in [2.05, 4.69) is 62.9 Å². The normalized spacial score (nSPS) is 14.7. The molecule has 1 unspecified atom stereocenters. The Morgan fingerprint density at radius 3 is 2.17 bits per heavy atom. The van der Waals surface area contributed by atoms with Gasteiger partial charge in [0.2, 0.25) is 0 Å². The van der Waals surface area contributed by atoms with Crippen molar-refractivity contribution < 1.29 is 58.9 Å². The van der Waals surface area contributed by atoms with Gasteiger partial charge in [-0.2, -0.15) is 11.3 Å². The predicted molar refractivity (Wildman–Crippen MR) is 87.2 cm³/mol. The van der Waals surface area contributed by atoms with Crippen molar-refractivity contribution in [2.24, 2.45) is 0 Å². The second-order valence-electron chi connectivity index (χ2n) is 5.63. The Balaban J connectivity index is -0.000001000.